The van der Waals surface area contributed by atoms with Crippen LogP contribution in [0.5, 0.6) is 0 Å². The van der Waals surface area contributed by atoms with Gasteiger partial charge in [-0.1, -0.05) is 11.6 Å². The number of carboxylic acids is 1. The summed E-state index contributed by atoms with van der Waals surface area (Å²) < 4.78 is 37.8. The molecular weight excluding hydrogens is 297 g/mol. The first-order chi connectivity index (χ1) is 9.29. The number of aromatic nitrogens is 1. The van der Waals surface area contributed by atoms with E-state index >= 15 is 0 Å². The molecule has 0 radical (unpaired) electrons. The van der Waals surface area contributed by atoms with Crippen molar-refractivity contribution in [1.82, 2.24) is 4.98 Å². The molecule has 4 nitrogen and oxygen atoms in total. The van der Waals surface area contributed by atoms with E-state index in [4.69, 9.17) is 16.7 Å². The molecule has 0 spiro atoms. The van der Waals surface area contributed by atoms with Crippen molar-refractivity contribution >= 4 is 23.4 Å². The van der Waals surface area contributed by atoms with Gasteiger partial charge in [0.2, 0.25) is 0 Å². The number of nitrogens with zero attached hydrogens (tertiary/aromatic N) is 2. The van der Waals surface area contributed by atoms with Crippen LogP contribution in [0.15, 0.2) is 12.1 Å². The van der Waals surface area contributed by atoms with Gasteiger partial charge in [-0.15, -0.1) is 0 Å². The zero-order valence-corrected chi connectivity index (χ0v) is 11.1. The summed E-state index contributed by atoms with van der Waals surface area (Å²) in [6.07, 6.45) is -4.35. The number of hydrogen-bond acceptors (Lipinski definition) is 3. The van der Waals surface area contributed by atoms with E-state index in [1.807, 2.05) is 0 Å². The highest BCUT2D eigenvalue weighted by atomic mass is 35.5. The van der Waals surface area contributed by atoms with Gasteiger partial charge in [0.25, 0.3) is 0 Å². The van der Waals surface area contributed by atoms with E-state index in [1.54, 1.807) is 0 Å². The Hall–Kier alpha value is -1.50. The van der Waals surface area contributed by atoms with Gasteiger partial charge >= 0.3 is 12.1 Å². The van der Waals surface area contributed by atoms with Crippen LogP contribution in [0.1, 0.15) is 23.2 Å². The Morgan fingerprint density at radius 2 is 1.95 bits per heavy atom. The van der Waals surface area contributed by atoms with Gasteiger partial charge in [0.15, 0.2) is 0 Å². The Kier molecular flexibility index (Phi) is 4.08. The molecule has 1 N–H and O–H groups in total. The van der Waals surface area contributed by atoms with Gasteiger partial charge in [-0.3, -0.25) is 0 Å². The lowest BCUT2D eigenvalue weighted by Gasteiger charge is -2.34. The number of carboxylic acid groups (broad SMARTS) is 1. The van der Waals surface area contributed by atoms with E-state index in [9.17, 15) is 18.0 Å². The number of aromatic carboxylic acids is 1. The zero-order chi connectivity index (χ0) is 14.9. The third kappa shape index (κ3) is 3.15. The summed E-state index contributed by atoms with van der Waals surface area (Å²) in [5, 5.41) is 9.19. The molecule has 0 amide bonds. The number of pyridine rings is 1. The normalized spacial score (nSPS) is 17.3. The fourth-order valence-electron chi connectivity index (χ4n) is 2.25. The first kappa shape index (κ1) is 14.9. The minimum atomic E-state index is -4.20. The van der Waals surface area contributed by atoms with Crippen molar-refractivity contribution in [2.24, 2.45) is 5.92 Å². The average Bonchev–Trinajstić information content (AvgIpc) is 2.37. The summed E-state index contributed by atoms with van der Waals surface area (Å²) >= 11 is 5.73. The summed E-state index contributed by atoms with van der Waals surface area (Å²) in [5.74, 6) is -2.39. The maximum Gasteiger partial charge on any atom is 0.391 e. The van der Waals surface area contributed by atoms with Crippen LogP contribution in [0.3, 0.4) is 0 Å². The third-order valence-electron chi connectivity index (χ3n) is 3.33. The van der Waals surface area contributed by atoms with Gasteiger partial charge in [0, 0.05) is 13.1 Å². The fourth-order valence-corrected chi connectivity index (χ4v) is 2.39. The van der Waals surface area contributed by atoms with Crippen molar-refractivity contribution in [1.29, 1.82) is 0 Å². The molecule has 0 saturated carbocycles. The van der Waals surface area contributed by atoms with Crippen LogP contribution in [-0.2, 0) is 0 Å². The predicted octanol–water partition coefficient (Wildman–Crippen LogP) is 3.21. The van der Waals surface area contributed by atoms with Crippen molar-refractivity contribution in [3.63, 3.8) is 0 Å². The van der Waals surface area contributed by atoms with Crippen LogP contribution in [0.25, 0.3) is 0 Å². The highest BCUT2D eigenvalue weighted by Crippen LogP contribution is 2.35. The monoisotopic (exact) mass is 308 g/mol. The summed E-state index contributed by atoms with van der Waals surface area (Å²) in [6, 6.07) is 2.65. The van der Waals surface area contributed by atoms with E-state index in [-0.39, 0.29) is 42.5 Å². The van der Waals surface area contributed by atoms with Gasteiger partial charge in [-0.25, -0.2) is 9.78 Å². The Balaban J connectivity index is 2.18. The maximum atomic E-state index is 12.6. The van der Waals surface area contributed by atoms with Gasteiger partial charge in [-0.05, 0) is 25.0 Å². The van der Waals surface area contributed by atoms with Gasteiger partial charge in [0.1, 0.15) is 16.5 Å². The first-order valence-corrected chi connectivity index (χ1v) is 6.38. The molecule has 0 aromatic carbocycles. The topological polar surface area (TPSA) is 53.4 Å². The molecule has 20 heavy (non-hydrogen) atoms. The van der Waals surface area contributed by atoms with Crippen LogP contribution in [0, 0.1) is 5.92 Å². The lowest BCUT2D eigenvalue weighted by Crippen LogP contribution is -2.40. The summed E-state index contributed by atoms with van der Waals surface area (Å²) in [5.41, 5.74) is -0.0557. The smallest absolute Gasteiger partial charge is 0.391 e. The highest BCUT2D eigenvalue weighted by Gasteiger charge is 2.41. The highest BCUT2D eigenvalue weighted by molar-refractivity contribution is 6.29. The van der Waals surface area contributed by atoms with E-state index in [2.05, 4.69) is 4.98 Å². The molecule has 110 valence electrons. The van der Waals surface area contributed by atoms with Crippen LogP contribution < -0.4 is 4.90 Å². The molecule has 8 heteroatoms. The second-order valence-electron chi connectivity index (χ2n) is 4.61. The van der Waals surface area contributed by atoms with Crippen LogP contribution in [0.2, 0.25) is 5.15 Å². The average molecular weight is 309 g/mol. The van der Waals surface area contributed by atoms with Gasteiger partial charge < -0.3 is 10.0 Å². The van der Waals surface area contributed by atoms with Crippen molar-refractivity contribution in [2.75, 3.05) is 18.0 Å². The number of piperidine rings is 1. The number of halogens is 4. The number of anilines is 1. The molecule has 1 aliphatic heterocycles. The number of carbonyl (C=O) groups is 1. The van der Waals surface area contributed by atoms with Gasteiger partial charge in [-0.2, -0.15) is 13.2 Å². The lowest BCUT2D eigenvalue weighted by atomic mass is 9.96. The standard InChI is InChI=1S/C12H12ClF3N2O2/c13-9-2-1-8(11(19)20)10(17-9)18-5-3-7(4-6-18)12(14,15)16/h1-2,7H,3-6H2,(H,19,20). The van der Waals surface area contributed by atoms with Crippen molar-refractivity contribution < 1.29 is 23.1 Å². The summed E-state index contributed by atoms with van der Waals surface area (Å²) in [7, 11) is 0. The summed E-state index contributed by atoms with van der Waals surface area (Å²) in [6.45, 7) is 0.218. The minimum Gasteiger partial charge on any atom is -0.478 e. The zero-order valence-electron chi connectivity index (χ0n) is 10.3. The Bertz CT molecular complexity index is 514. The number of hydrogen-bond donors (Lipinski definition) is 1. The molecule has 2 heterocycles. The third-order valence-corrected chi connectivity index (χ3v) is 3.54. The Morgan fingerprint density at radius 3 is 2.45 bits per heavy atom. The van der Waals surface area contributed by atoms with Crippen LogP contribution in [0.4, 0.5) is 19.0 Å². The summed E-state index contributed by atoms with van der Waals surface area (Å²) in [4.78, 5) is 16.6. The SMILES string of the molecule is O=C(O)c1ccc(Cl)nc1N1CCC(C(F)(F)F)CC1. The molecule has 0 bridgehead atoms. The molecular formula is C12H12ClF3N2O2. The molecule has 1 fully saturated rings. The molecule has 1 aromatic heterocycles. The van der Waals surface area contributed by atoms with E-state index < -0.39 is 18.1 Å². The second kappa shape index (κ2) is 5.47. The number of rotatable bonds is 2. The molecule has 0 atom stereocenters. The molecule has 0 unspecified atom stereocenters. The number of alkyl halides is 3. The molecule has 1 saturated heterocycles. The largest absolute Gasteiger partial charge is 0.478 e. The Labute approximate surface area is 118 Å². The van der Waals surface area contributed by atoms with Crippen molar-refractivity contribution in [3.8, 4) is 0 Å². The van der Waals surface area contributed by atoms with Crippen molar-refractivity contribution in [3.05, 3.63) is 22.8 Å². The van der Waals surface area contributed by atoms with Gasteiger partial charge in [0.05, 0.1) is 5.92 Å². The fraction of sp³-hybridized carbons (Fsp3) is 0.500. The van der Waals surface area contributed by atoms with Crippen LogP contribution in [-0.4, -0.2) is 35.3 Å². The lowest BCUT2D eigenvalue weighted by molar-refractivity contribution is -0.179. The van der Waals surface area contributed by atoms with E-state index in [1.165, 1.54) is 17.0 Å². The quantitative estimate of drug-likeness (QED) is 0.852. The minimum absolute atomic E-state index is 0.0557. The maximum absolute atomic E-state index is 12.6. The van der Waals surface area contributed by atoms with E-state index in [0.29, 0.717) is 0 Å². The van der Waals surface area contributed by atoms with Crippen LogP contribution >= 0.6 is 11.6 Å². The predicted molar refractivity (Wildman–Crippen MR) is 67.2 cm³/mol. The molecule has 0 aliphatic carbocycles. The molecule has 1 aromatic rings. The van der Waals surface area contributed by atoms with E-state index in [0.717, 1.165) is 0 Å². The Morgan fingerprint density at radius 1 is 1.35 bits per heavy atom. The molecule has 2 rings (SSSR count). The molecule has 1 aliphatic rings. The second-order valence-corrected chi connectivity index (χ2v) is 5.00. The van der Waals surface area contributed by atoms with Crippen molar-refractivity contribution in [2.45, 2.75) is 19.0 Å². The first-order valence-electron chi connectivity index (χ1n) is 6.00.